The van der Waals surface area contributed by atoms with Gasteiger partial charge in [0, 0.05) is 0 Å². The first-order valence-electron chi connectivity index (χ1n) is 24.9. The summed E-state index contributed by atoms with van der Waals surface area (Å²) < 4.78 is 0. The molecule has 0 amide bonds. The van der Waals surface area contributed by atoms with Crippen LogP contribution in [-0.4, -0.2) is 0 Å². The second kappa shape index (κ2) is 18.3. The second-order valence-corrected chi connectivity index (χ2v) is 25.5. The van der Waals surface area contributed by atoms with Crippen molar-refractivity contribution in [1.29, 1.82) is 0 Å². The summed E-state index contributed by atoms with van der Waals surface area (Å²) in [6.45, 7) is 24.6. The first-order valence-corrected chi connectivity index (χ1v) is 24.9. The average Bonchev–Trinajstić information content (AvgIpc) is 3.56. The smallest absolute Gasteiger partial charge is 0.0287 e. The molecule has 8 aliphatic rings. The predicted molar refractivity (Wildman–Crippen MR) is 235 cm³/mol. The van der Waals surface area contributed by atoms with Gasteiger partial charge in [-0.1, -0.05) is 153 Å². The fraction of sp³-hybridized carbons (Fsp3) is 1.00. The molecule has 0 saturated heterocycles. The van der Waals surface area contributed by atoms with Gasteiger partial charge in [0.2, 0.25) is 0 Å². The maximum absolute atomic E-state index is 2.49. The summed E-state index contributed by atoms with van der Waals surface area (Å²) >= 11 is 0. The van der Waals surface area contributed by atoms with Gasteiger partial charge < -0.3 is 0 Å². The molecule has 0 unspecified atom stereocenters. The van der Waals surface area contributed by atoms with E-state index in [9.17, 15) is 0 Å². The van der Waals surface area contributed by atoms with Crippen molar-refractivity contribution in [2.24, 2.45) is 61.6 Å². The standard InChI is InChI=1S/C16H30.C14H26.C12H22.C11H20/c1-13-6-8-16(9-7-13)11-14(2,3)10-15(4,5)12-16;1-12-4-6-14(7-5-12)10-8-13(2,3)9-11-14;1-11-5-9-12(10-6-11)7-3-2-4-8-12;1-10-4-8-11(9-5-10)6-2-3-7-11/h13H,6-12H2,1-5H3;12H,4-11H2,1-3H3;11H,2-10H2,1H3;10H,2-9H2,1H3. The molecule has 0 nitrogen and oxygen atoms in total. The second-order valence-electron chi connectivity index (χ2n) is 25.5. The molecule has 53 heavy (non-hydrogen) atoms. The summed E-state index contributed by atoms with van der Waals surface area (Å²) in [4.78, 5) is 0. The van der Waals surface area contributed by atoms with Crippen molar-refractivity contribution in [3.8, 4) is 0 Å². The third-order valence-electron chi connectivity index (χ3n) is 18.2. The third kappa shape index (κ3) is 13.3. The summed E-state index contributed by atoms with van der Waals surface area (Å²) in [5, 5.41) is 0. The van der Waals surface area contributed by atoms with Crippen LogP contribution in [0.1, 0.15) is 275 Å². The maximum Gasteiger partial charge on any atom is -0.0287 e. The molecule has 0 aliphatic heterocycles. The van der Waals surface area contributed by atoms with Crippen LogP contribution in [0.3, 0.4) is 0 Å². The Morgan fingerprint density at radius 3 is 0.830 bits per heavy atom. The normalized spacial score (nSPS) is 31.8. The van der Waals surface area contributed by atoms with E-state index >= 15 is 0 Å². The van der Waals surface area contributed by atoms with E-state index in [2.05, 4.69) is 69.2 Å². The Morgan fingerprint density at radius 1 is 0.245 bits per heavy atom. The third-order valence-corrected chi connectivity index (χ3v) is 18.2. The van der Waals surface area contributed by atoms with Gasteiger partial charge in [-0.15, -0.1) is 0 Å². The van der Waals surface area contributed by atoms with Crippen LogP contribution in [0.5, 0.6) is 0 Å². The Labute approximate surface area is 335 Å². The van der Waals surface area contributed by atoms with E-state index in [-0.39, 0.29) is 0 Å². The van der Waals surface area contributed by atoms with Crippen LogP contribution < -0.4 is 0 Å². The number of rotatable bonds is 0. The molecule has 0 aromatic carbocycles. The molecule has 0 aromatic heterocycles. The van der Waals surface area contributed by atoms with Crippen molar-refractivity contribution in [3.63, 3.8) is 0 Å². The van der Waals surface area contributed by atoms with Gasteiger partial charge in [0.25, 0.3) is 0 Å². The molecule has 0 aromatic rings. The average molecular weight is 735 g/mol. The highest BCUT2D eigenvalue weighted by Gasteiger charge is 2.48. The minimum Gasteiger partial charge on any atom is -0.0625 e. The van der Waals surface area contributed by atoms with Crippen molar-refractivity contribution in [2.75, 3.05) is 0 Å². The lowest BCUT2D eigenvalue weighted by molar-refractivity contribution is -0.0321. The van der Waals surface area contributed by atoms with Crippen molar-refractivity contribution in [3.05, 3.63) is 0 Å². The lowest BCUT2D eigenvalue weighted by atomic mass is 9.51. The summed E-state index contributed by atoms with van der Waals surface area (Å²) in [7, 11) is 0. The number of hydrogen-bond donors (Lipinski definition) is 0. The summed E-state index contributed by atoms with van der Waals surface area (Å²) in [5.74, 6) is 4.05. The Hall–Kier alpha value is 0. The fourth-order valence-electron chi connectivity index (χ4n) is 14.7. The van der Waals surface area contributed by atoms with Gasteiger partial charge in [-0.25, -0.2) is 0 Å². The molecule has 0 N–H and O–H groups in total. The Balaban J connectivity index is 0.000000137. The van der Waals surface area contributed by atoms with Gasteiger partial charge in [0.1, 0.15) is 0 Å². The van der Waals surface area contributed by atoms with Gasteiger partial charge >= 0.3 is 0 Å². The van der Waals surface area contributed by atoms with E-state index in [4.69, 9.17) is 0 Å². The fourth-order valence-corrected chi connectivity index (χ4v) is 14.7. The SMILES string of the molecule is CC1CCC2(CC1)CC(C)(C)CC(C)(C)C2.CC1CCC2(CC1)CCC(C)(C)CC2.CC1CCC2(CCCC2)CC1.CC1CCC2(CCCCC2)CC1. The molecular formula is C53H98. The molecule has 8 rings (SSSR count). The van der Waals surface area contributed by atoms with Gasteiger partial charge in [-0.2, -0.15) is 0 Å². The van der Waals surface area contributed by atoms with E-state index in [1.807, 2.05) is 0 Å². The molecule has 0 bridgehead atoms. The molecule has 0 heterocycles. The first-order chi connectivity index (χ1) is 24.9. The highest BCUT2D eigenvalue weighted by molar-refractivity contribution is 4.99. The molecule has 8 fully saturated rings. The van der Waals surface area contributed by atoms with E-state index < -0.39 is 0 Å². The van der Waals surface area contributed by atoms with Crippen LogP contribution in [0.2, 0.25) is 0 Å². The van der Waals surface area contributed by atoms with Crippen molar-refractivity contribution in [2.45, 2.75) is 275 Å². The molecule has 0 radical (unpaired) electrons. The van der Waals surface area contributed by atoms with Gasteiger partial charge in [-0.3, -0.25) is 0 Å². The van der Waals surface area contributed by atoms with Crippen LogP contribution in [0.15, 0.2) is 0 Å². The van der Waals surface area contributed by atoms with E-state index in [0.717, 1.165) is 39.9 Å². The molecular weight excluding hydrogens is 637 g/mol. The Kier molecular flexibility index (Phi) is 15.2. The largest absolute Gasteiger partial charge is 0.0625 e. The highest BCUT2D eigenvalue weighted by Crippen LogP contribution is 2.60. The zero-order chi connectivity index (χ0) is 38.4. The van der Waals surface area contributed by atoms with Crippen molar-refractivity contribution < 1.29 is 0 Å². The quantitative estimate of drug-likeness (QED) is 0.232. The van der Waals surface area contributed by atoms with Gasteiger partial charge in [0.05, 0.1) is 0 Å². The van der Waals surface area contributed by atoms with E-state index in [1.54, 1.807) is 51.4 Å². The summed E-state index contributed by atoms with van der Waals surface area (Å²) in [5.41, 5.74) is 4.98. The first kappa shape index (κ1) is 44.1. The van der Waals surface area contributed by atoms with Gasteiger partial charge in [0.15, 0.2) is 0 Å². The molecule has 0 atom stereocenters. The van der Waals surface area contributed by atoms with E-state index in [0.29, 0.717) is 21.7 Å². The lowest BCUT2D eigenvalue weighted by Crippen LogP contribution is -2.43. The van der Waals surface area contributed by atoms with E-state index in [1.165, 1.54) is 154 Å². The number of hydrogen-bond acceptors (Lipinski definition) is 0. The Morgan fingerprint density at radius 2 is 0.509 bits per heavy atom. The van der Waals surface area contributed by atoms with Gasteiger partial charge in [-0.05, 0) is 184 Å². The van der Waals surface area contributed by atoms with Crippen LogP contribution in [-0.2, 0) is 0 Å². The van der Waals surface area contributed by atoms with Crippen LogP contribution in [0.4, 0.5) is 0 Å². The summed E-state index contributed by atoms with van der Waals surface area (Å²) in [6, 6.07) is 0. The molecule has 8 aliphatic carbocycles. The molecule has 4 spiro atoms. The van der Waals surface area contributed by atoms with Crippen LogP contribution >= 0.6 is 0 Å². The Bertz CT molecular complexity index is 1010. The zero-order valence-electron chi connectivity index (χ0n) is 38.4. The van der Waals surface area contributed by atoms with Crippen molar-refractivity contribution in [1.82, 2.24) is 0 Å². The minimum atomic E-state index is 0.572. The summed E-state index contributed by atoms with van der Waals surface area (Å²) in [6.07, 6.45) is 48.5. The zero-order valence-corrected chi connectivity index (χ0v) is 38.4. The molecule has 310 valence electrons. The molecule has 8 saturated carbocycles. The lowest BCUT2D eigenvalue weighted by Gasteiger charge is -2.54. The van der Waals surface area contributed by atoms with Crippen LogP contribution in [0.25, 0.3) is 0 Å². The van der Waals surface area contributed by atoms with Crippen LogP contribution in [0, 0.1) is 61.6 Å². The monoisotopic (exact) mass is 735 g/mol. The molecule has 0 heteroatoms. The minimum absolute atomic E-state index is 0.572. The topological polar surface area (TPSA) is 0 Å². The van der Waals surface area contributed by atoms with Crippen molar-refractivity contribution >= 4 is 0 Å². The highest BCUT2D eigenvalue weighted by atomic mass is 14.5. The maximum atomic E-state index is 2.49. The predicted octanol–water partition coefficient (Wildman–Crippen LogP) is 18.1.